The molecular formula is C19H20BrNO8S. The van der Waals surface area contributed by atoms with Crippen LogP contribution in [0.3, 0.4) is 0 Å². The number of hydrogen-bond acceptors (Lipinski definition) is 9. The lowest BCUT2D eigenvalue weighted by molar-refractivity contribution is -0.148. The predicted molar refractivity (Wildman–Crippen MR) is 112 cm³/mol. The highest BCUT2D eigenvalue weighted by atomic mass is 79.9. The van der Waals surface area contributed by atoms with Crippen molar-refractivity contribution in [3.05, 3.63) is 27.1 Å². The van der Waals surface area contributed by atoms with Crippen LogP contribution < -0.4 is 9.47 Å². The number of halogens is 1. The van der Waals surface area contributed by atoms with E-state index in [9.17, 15) is 19.2 Å². The Balaban J connectivity index is 2.34. The smallest absolute Gasteiger partial charge is 0.343 e. The minimum atomic E-state index is -1.03. The van der Waals surface area contributed by atoms with Crippen molar-refractivity contribution in [2.75, 3.05) is 27.4 Å². The van der Waals surface area contributed by atoms with Crippen LogP contribution in [0.1, 0.15) is 19.4 Å². The van der Waals surface area contributed by atoms with Crippen LogP contribution in [-0.4, -0.2) is 61.5 Å². The first-order chi connectivity index (χ1) is 14.2. The van der Waals surface area contributed by atoms with E-state index >= 15 is 0 Å². The van der Waals surface area contributed by atoms with E-state index < -0.39 is 29.1 Å². The van der Waals surface area contributed by atoms with Gasteiger partial charge in [-0.2, -0.15) is 0 Å². The molecule has 2 amide bonds. The number of thioether (sulfide) groups is 1. The molecule has 1 atom stereocenters. The van der Waals surface area contributed by atoms with E-state index in [2.05, 4.69) is 25.4 Å². The Morgan fingerprint density at radius 2 is 1.90 bits per heavy atom. The lowest BCUT2D eigenvalue weighted by Crippen LogP contribution is -2.42. The molecule has 0 saturated carbocycles. The van der Waals surface area contributed by atoms with Gasteiger partial charge < -0.3 is 18.9 Å². The summed E-state index contributed by atoms with van der Waals surface area (Å²) in [7, 11) is 2.44. The fraction of sp³-hybridized carbons (Fsp3) is 0.368. The summed E-state index contributed by atoms with van der Waals surface area (Å²) in [6.07, 6.45) is 1.51. The van der Waals surface area contributed by atoms with Gasteiger partial charge in [-0.05, 0) is 65.3 Å². The third-order valence-electron chi connectivity index (χ3n) is 3.94. The first-order valence-electron chi connectivity index (χ1n) is 8.74. The van der Waals surface area contributed by atoms with Crippen LogP contribution in [0.15, 0.2) is 21.5 Å². The number of methoxy groups -OCH3 is 2. The Kier molecular flexibility index (Phi) is 8.30. The normalized spacial score (nSPS) is 15.9. The highest BCUT2D eigenvalue weighted by Crippen LogP contribution is 2.39. The number of nitrogens with zero attached hydrogens (tertiary/aromatic N) is 1. The van der Waals surface area contributed by atoms with Crippen molar-refractivity contribution in [1.82, 2.24) is 4.90 Å². The molecule has 0 N–H and O–H groups in total. The standard InChI is InChI=1S/C19H20BrNO8S/c1-5-28-13-7-11(6-12(20)16(13)29-9-15(22)26-3)8-14-17(23)21(19(25)30-14)10(2)18(24)27-4/h6-8,10H,5,9H2,1-4H3/b14-8+/t10-/m1/s1. The third kappa shape index (κ3) is 5.33. The summed E-state index contributed by atoms with van der Waals surface area (Å²) in [6.45, 7) is 3.23. The number of hydrogen-bond donors (Lipinski definition) is 0. The van der Waals surface area contributed by atoms with Crippen molar-refractivity contribution in [3.8, 4) is 11.5 Å². The van der Waals surface area contributed by atoms with E-state index in [-0.39, 0.29) is 11.5 Å². The van der Waals surface area contributed by atoms with Gasteiger partial charge in [-0.25, -0.2) is 9.59 Å². The number of imide groups is 1. The molecule has 0 aromatic heterocycles. The summed E-state index contributed by atoms with van der Waals surface area (Å²) in [5.74, 6) is -1.20. The molecule has 0 radical (unpaired) electrons. The molecule has 30 heavy (non-hydrogen) atoms. The SMILES string of the molecule is CCOc1cc(/C=C2/SC(=O)N([C@H](C)C(=O)OC)C2=O)cc(Br)c1OCC(=O)OC. The van der Waals surface area contributed by atoms with Crippen LogP contribution in [0.2, 0.25) is 0 Å². The Labute approximate surface area is 185 Å². The third-order valence-corrected chi connectivity index (χ3v) is 5.42. The maximum absolute atomic E-state index is 12.6. The molecule has 1 fully saturated rings. The number of benzene rings is 1. The Morgan fingerprint density at radius 3 is 2.50 bits per heavy atom. The summed E-state index contributed by atoms with van der Waals surface area (Å²) in [6, 6.07) is 2.22. The number of carbonyl (C=O) groups is 4. The fourth-order valence-electron chi connectivity index (χ4n) is 2.51. The van der Waals surface area contributed by atoms with Gasteiger partial charge >= 0.3 is 11.9 Å². The molecule has 0 aliphatic carbocycles. The van der Waals surface area contributed by atoms with E-state index in [1.54, 1.807) is 19.1 Å². The molecule has 1 aliphatic rings. The van der Waals surface area contributed by atoms with Gasteiger partial charge in [0, 0.05) is 0 Å². The first kappa shape index (κ1) is 23.7. The summed E-state index contributed by atoms with van der Waals surface area (Å²) in [5, 5.41) is -0.564. The van der Waals surface area contributed by atoms with Crippen molar-refractivity contribution in [2.45, 2.75) is 19.9 Å². The summed E-state index contributed by atoms with van der Waals surface area (Å²) in [4.78, 5) is 49.0. The molecule has 1 aliphatic heterocycles. The van der Waals surface area contributed by atoms with Crippen LogP contribution >= 0.6 is 27.7 Å². The average Bonchev–Trinajstić information content (AvgIpc) is 2.99. The zero-order chi connectivity index (χ0) is 22.4. The number of esters is 2. The molecule has 9 nitrogen and oxygen atoms in total. The summed E-state index contributed by atoms with van der Waals surface area (Å²) in [5.41, 5.74) is 0.548. The average molecular weight is 502 g/mol. The summed E-state index contributed by atoms with van der Waals surface area (Å²) >= 11 is 4.08. The molecule has 1 heterocycles. The van der Waals surface area contributed by atoms with Gasteiger partial charge in [0.1, 0.15) is 6.04 Å². The van der Waals surface area contributed by atoms with Gasteiger partial charge in [-0.3, -0.25) is 14.5 Å². The Hall–Kier alpha value is -2.53. The molecule has 0 bridgehead atoms. The Morgan fingerprint density at radius 1 is 1.20 bits per heavy atom. The minimum absolute atomic E-state index is 0.147. The van der Waals surface area contributed by atoms with Crippen LogP contribution in [0.5, 0.6) is 11.5 Å². The fourth-order valence-corrected chi connectivity index (χ4v) is 3.99. The monoisotopic (exact) mass is 501 g/mol. The van der Waals surface area contributed by atoms with E-state index in [0.29, 0.717) is 28.1 Å². The lowest BCUT2D eigenvalue weighted by Gasteiger charge is -2.18. The van der Waals surface area contributed by atoms with E-state index in [4.69, 9.17) is 9.47 Å². The van der Waals surface area contributed by atoms with Gasteiger partial charge in [-0.1, -0.05) is 0 Å². The van der Waals surface area contributed by atoms with Crippen LogP contribution in [0.4, 0.5) is 4.79 Å². The molecule has 1 saturated heterocycles. The first-order valence-corrected chi connectivity index (χ1v) is 10.3. The van der Waals surface area contributed by atoms with E-state index in [0.717, 1.165) is 16.7 Å². The summed E-state index contributed by atoms with van der Waals surface area (Å²) < 4.78 is 20.7. The topological polar surface area (TPSA) is 108 Å². The van der Waals surface area contributed by atoms with E-state index in [1.807, 2.05) is 0 Å². The van der Waals surface area contributed by atoms with Gasteiger partial charge in [-0.15, -0.1) is 0 Å². The zero-order valence-corrected chi connectivity index (χ0v) is 19.1. The number of amides is 2. The molecule has 0 spiro atoms. The molecule has 162 valence electrons. The highest BCUT2D eigenvalue weighted by Gasteiger charge is 2.41. The van der Waals surface area contributed by atoms with Crippen LogP contribution in [-0.2, 0) is 23.9 Å². The number of ether oxygens (including phenoxy) is 4. The van der Waals surface area contributed by atoms with Crippen molar-refractivity contribution in [2.24, 2.45) is 0 Å². The van der Waals surface area contributed by atoms with Gasteiger partial charge in [0.05, 0.1) is 30.2 Å². The number of carbonyl (C=O) groups excluding carboxylic acids is 4. The van der Waals surface area contributed by atoms with Crippen LogP contribution in [0, 0.1) is 0 Å². The second-order valence-electron chi connectivity index (χ2n) is 5.88. The maximum Gasteiger partial charge on any atom is 0.343 e. The molecular weight excluding hydrogens is 482 g/mol. The molecule has 0 unspecified atom stereocenters. The predicted octanol–water partition coefficient (Wildman–Crippen LogP) is 3.00. The quantitative estimate of drug-likeness (QED) is 0.392. The maximum atomic E-state index is 12.6. The number of rotatable bonds is 8. The van der Waals surface area contributed by atoms with E-state index in [1.165, 1.54) is 27.2 Å². The zero-order valence-electron chi connectivity index (χ0n) is 16.7. The second kappa shape index (κ2) is 10.5. The Bertz CT molecular complexity index is 901. The molecule has 2 rings (SSSR count). The highest BCUT2D eigenvalue weighted by molar-refractivity contribution is 9.10. The molecule has 1 aromatic carbocycles. The molecule has 1 aromatic rings. The van der Waals surface area contributed by atoms with Gasteiger partial charge in [0.15, 0.2) is 18.1 Å². The largest absolute Gasteiger partial charge is 0.490 e. The lowest BCUT2D eigenvalue weighted by atomic mass is 10.1. The van der Waals surface area contributed by atoms with Crippen molar-refractivity contribution < 1.29 is 38.1 Å². The minimum Gasteiger partial charge on any atom is -0.490 e. The van der Waals surface area contributed by atoms with Crippen molar-refractivity contribution in [1.29, 1.82) is 0 Å². The van der Waals surface area contributed by atoms with Gasteiger partial charge in [0.25, 0.3) is 11.1 Å². The molecule has 11 heteroatoms. The van der Waals surface area contributed by atoms with Crippen molar-refractivity contribution in [3.63, 3.8) is 0 Å². The van der Waals surface area contributed by atoms with Gasteiger partial charge in [0.2, 0.25) is 0 Å². The van der Waals surface area contributed by atoms with Crippen molar-refractivity contribution >= 4 is 56.9 Å². The van der Waals surface area contributed by atoms with Crippen LogP contribution in [0.25, 0.3) is 6.08 Å². The second-order valence-corrected chi connectivity index (χ2v) is 7.73.